The van der Waals surface area contributed by atoms with E-state index in [-0.39, 0.29) is 29.8 Å². The van der Waals surface area contributed by atoms with Crippen molar-refractivity contribution in [1.29, 1.82) is 0 Å². The Labute approximate surface area is 153 Å². The van der Waals surface area contributed by atoms with Gasteiger partial charge in [0.05, 0.1) is 7.11 Å². The predicted molar refractivity (Wildman–Crippen MR) is 94.0 cm³/mol. The summed E-state index contributed by atoms with van der Waals surface area (Å²) >= 11 is 0. The molecule has 1 aromatic rings. The lowest BCUT2D eigenvalue weighted by Gasteiger charge is -2.32. The van der Waals surface area contributed by atoms with Gasteiger partial charge in [-0.25, -0.2) is 0 Å². The first kappa shape index (κ1) is 21.4. The molecule has 1 N–H and O–H groups in total. The number of carbonyl (C=O) groups is 1. The summed E-state index contributed by atoms with van der Waals surface area (Å²) in [6.45, 7) is 2.47. The van der Waals surface area contributed by atoms with Crippen LogP contribution in [0.2, 0.25) is 0 Å². The molecule has 1 aliphatic rings. The van der Waals surface area contributed by atoms with E-state index < -0.39 is 6.61 Å². The van der Waals surface area contributed by atoms with Crippen LogP contribution in [0.1, 0.15) is 30.1 Å². The number of likely N-dealkylation sites (tertiary alicyclic amines) is 1. The van der Waals surface area contributed by atoms with E-state index in [1.807, 2.05) is 0 Å². The molecule has 0 spiro atoms. The lowest BCUT2D eigenvalue weighted by Crippen LogP contribution is -2.40. The molecular weight excluding hydrogens is 354 g/mol. The van der Waals surface area contributed by atoms with Gasteiger partial charge in [0, 0.05) is 18.7 Å². The van der Waals surface area contributed by atoms with E-state index in [9.17, 15) is 13.6 Å². The van der Waals surface area contributed by atoms with Crippen molar-refractivity contribution in [2.45, 2.75) is 26.4 Å². The highest BCUT2D eigenvalue weighted by Crippen LogP contribution is 2.30. The second kappa shape index (κ2) is 10.4. The van der Waals surface area contributed by atoms with Crippen LogP contribution in [0.15, 0.2) is 18.2 Å². The number of halogens is 3. The quantitative estimate of drug-likeness (QED) is 0.791. The summed E-state index contributed by atoms with van der Waals surface area (Å²) in [5.41, 5.74) is 0.415. The van der Waals surface area contributed by atoms with Gasteiger partial charge in [0.15, 0.2) is 11.5 Å². The van der Waals surface area contributed by atoms with Crippen LogP contribution < -0.4 is 14.8 Å². The van der Waals surface area contributed by atoms with E-state index in [1.165, 1.54) is 25.3 Å². The van der Waals surface area contributed by atoms with Gasteiger partial charge in [-0.15, -0.1) is 12.4 Å². The molecule has 8 heteroatoms. The van der Waals surface area contributed by atoms with E-state index in [4.69, 9.17) is 4.74 Å². The van der Waals surface area contributed by atoms with Crippen LogP contribution in [0.4, 0.5) is 8.78 Å². The van der Waals surface area contributed by atoms with Crippen LogP contribution in [-0.2, 0) is 0 Å². The van der Waals surface area contributed by atoms with E-state index in [2.05, 4.69) is 17.0 Å². The molecule has 1 aromatic carbocycles. The minimum absolute atomic E-state index is 0. The van der Waals surface area contributed by atoms with Crippen LogP contribution >= 0.6 is 12.4 Å². The second-order valence-corrected chi connectivity index (χ2v) is 5.79. The van der Waals surface area contributed by atoms with Gasteiger partial charge < -0.3 is 19.7 Å². The highest BCUT2D eigenvalue weighted by Gasteiger charge is 2.24. The number of ether oxygens (including phenoxy) is 2. The zero-order valence-corrected chi connectivity index (χ0v) is 15.3. The highest BCUT2D eigenvalue weighted by molar-refractivity contribution is 5.95. The van der Waals surface area contributed by atoms with Crippen molar-refractivity contribution < 1.29 is 23.0 Å². The van der Waals surface area contributed by atoms with Crippen molar-refractivity contribution >= 4 is 18.3 Å². The number of alkyl halides is 2. The molecule has 25 heavy (non-hydrogen) atoms. The number of hydrogen-bond acceptors (Lipinski definition) is 4. The van der Waals surface area contributed by atoms with Crippen LogP contribution in [0, 0.1) is 5.92 Å². The summed E-state index contributed by atoms with van der Waals surface area (Å²) in [5, 5.41) is 3.34. The maximum Gasteiger partial charge on any atom is 0.387 e. The molecular formula is C17H25ClF2N2O3. The first-order chi connectivity index (χ1) is 11.5. The van der Waals surface area contributed by atoms with Crippen LogP contribution in [0.5, 0.6) is 11.5 Å². The van der Waals surface area contributed by atoms with Crippen LogP contribution in [0.3, 0.4) is 0 Å². The summed E-state index contributed by atoms with van der Waals surface area (Å²) in [4.78, 5) is 14.4. The Hall–Kier alpha value is -1.60. The van der Waals surface area contributed by atoms with Crippen molar-refractivity contribution in [3.05, 3.63) is 23.8 Å². The van der Waals surface area contributed by atoms with Gasteiger partial charge in [0.25, 0.3) is 5.91 Å². The Balaban J connectivity index is 0.00000312. The Kier molecular flexibility index (Phi) is 8.92. The fourth-order valence-corrected chi connectivity index (χ4v) is 2.87. The third kappa shape index (κ3) is 6.01. The van der Waals surface area contributed by atoms with Crippen molar-refractivity contribution in [2.24, 2.45) is 5.92 Å². The van der Waals surface area contributed by atoms with Gasteiger partial charge in [-0.2, -0.15) is 8.78 Å². The summed E-state index contributed by atoms with van der Waals surface area (Å²) in [5.74, 6) is 0.528. The molecule has 0 radical (unpaired) electrons. The summed E-state index contributed by atoms with van der Waals surface area (Å²) in [7, 11) is 1.36. The Morgan fingerprint density at radius 2 is 2.00 bits per heavy atom. The number of rotatable bonds is 7. The largest absolute Gasteiger partial charge is 0.493 e. The molecule has 1 aliphatic heterocycles. The Morgan fingerprint density at radius 3 is 2.56 bits per heavy atom. The zero-order chi connectivity index (χ0) is 17.5. The summed E-state index contributed by atoms with van der Waals surface area (Å²) in [6.07, 6.45) is 1.92. The highest BCUT2D eigenvalue weighted by atomic mass is 35.5. The normalized spacial score (nSPS) is 15.0. The number of nitrogens with one attached hydrogen (secondary N) is 1. The minimum atomic E-state index is -2.93. The molecule has 0 bridgehead atoms. The van der Waals surface area contributed by atoms with E-state index >= 15 is 0 Å². The SMILES string of the molecule is CCNCC1CCN(C(=O)c2ccc(OC(F)F)c(OC)c2)CC1.Cl. The van der Waals surface area contributed by atoms with E-state index in [0.717, 1.165) is 25.9 Å². The van der Waals surface area contributed by atoms with Crippen LogP contribution in [0.25, 0.3) is 0 Å². The molecule has 1 saturated heterocycles. The molecule has 2 rings (SSSR count). The van der Waals surface area contributed by atoms with Gasteiger partial charge in [-0.3, -0.25) is 4.79 Å². The molecule has 1 fully saturated rings. The number of methoxy groups -OCH3 is 1. The van der Waals surface area contributed by atoms with Gasteiger partial charge in [0.2, 0.25) is 0 Å². The number of benzene rings is 1. The molecule has 1 heterocycles. The van der Waals surface area contributed by atoms with Gasteiger partial charge in [-0.1, -0.05) is 6.92 Å². The van der Waals surface area contributed by atoms with Gasteiger partial charge >= 0.3 is 6.61 Å². The van der Waals surface area contributed by atoms with Crippen molar-refractivity contribution in [1.82, 2.24) is 10.2 Å². The van der Waals surface area contributed by atoms with Gasteiger partial charge in [0.1, 0.15) is 0 Å². The Bertz CT molecular complexity index is 553. The molecule has 0 aromatic heterocycles. The number of carbonyl (C=O) groups excluding carboxylic acids is 1. The molecule has 0 atom stereocenters. The average Bonchev–Trinajstić information content (AvgIpc) is 2.59. The van der Waals surface area contributed by atoms with Crippen molar-refractivity contribution in [2.75, 3.05) is 33.3 Å². The lowest BCUT2D eigenvalue weighted by atomic mass is 9.96. The van der Waals surface area contributed by atoms with Crippen molar-refractivity contribution in [3.63, 3.8) is 0 Å². The predicted octanol–water partition coefficient (Wildman–Crippen LogP) is 3.18. The number of piperidine rings is 1. The van der Waals surface area contributed by atoms with E-state index in [0.29, 0.717) is 24.6 Å². The van der Waals surface area contributed by atoms with Crippen LogP contribution in [-0.4, -0.2) is 50.7 Å². The third-order valence-electron chi connectivity index (χ3n) is 4.21. The lowest BCUT2D eigenvalue weighted by molar-refractivity contribution is -0.0512. The fraction of sp³-hybridized carbons (Fsp3) is 0.588. The smallest absolute Gasteiger partial charge is 0.387 e. The van der Waals surface area contributed by atoms with Crippen molar-refractivity contribution in [3.8, 4) is 11.5 Å². The minimum Gasteiger partial charge on any atom is -0.493 e. The number of hydrogen-bond donors (Lipinski definition) is 1. The first-order valence-electron chi connectivity index (χ1n) is 8.18. The molecule has 0 unspecified atom stereocenters. The zero-order valence-electron chi connectivity index (χ0n) is 14.5. The number of amides is 1. The first-order valence-corrected chi connectivity index (χ1v) is 8.18. The maximum absolute atomic E-state index is 12.6. The number of nitrogens with zero attached hydrogens (tertiary/aromatic N) is 1. The molecule has 0 aliphatic carbocycles. The topological polar surface area (TPSA) is 50.8 Å². The molecule has 142 valence electrons. The maximum atomic E-state index is 12.6. The summed E-state index contributed by atoms with van der Waals surface area (Å²) in [6, 6.07) is 4.29. The molecule has 0 saturated carbocycles. The Morgan fingerprint density at radius 1 is 1.32 bits per heavy atom. The second-order valence-electron chi connectivity index (χ2n) is 5.79. The molecule has 5 nitrogen and oxygen atoms in total. The summed E-state index contributed by atoms with van der Waals surface area (Å²) < 4.78 is 34.1. The fourth-order valence-electron chi connectivity index (χ4n) is 2.87. The monoisotopic (exact) mass is 378 g/mol. The molecule has 1 amide bonds. The van der Waals surface area contributed by atoms with E-state index in [1.54, 1.807) is 4.90 Å². The third-order valence-corrected chi connectivity index (χ3v) is 4.21. The van der Waals surface area contributed by atoms with Gasteiger partial charge in [-0.05, 0) is 50.0 Å². The standard InChI is InChI=1S/C17H24F2N2O3.ClH/c1-3-20-11-12-6-8-21(9-7-12)16(22)13-4-5-14(24-17(18)19)15(10-13)23-2;/h4-5,10,12,17,20H,3,6-9,11H2,1-2H3;1H. The average molecular weight is 379 g/mol.